The number of nitrogens with zero attached hydrogens (tertiary/aromatic N) is 3. The van der Waals surface area contributed by atoms with E-state index in [2.05, 4.69) is 203 Å². The maximum atomic E-state index is 2.49. The Labute approximate surface area is 319 Å². The normalized spacial score (nSPS) is 11.9. The van der Waals surface area contributed by atoms with E-state index in [1.54, 1.807) is 0 Å². The monoisotopic (exact) mass is 705 g/mol. The van der Waals surface area contributed by atoms with E-state index in [9.17, 15) is 0 Å². The van der Waals surface area contributed by atoms with Crippen molar-refractivity contribution in [3.05, 3.63) is 188 Å². The smallest absolute Gasteiger partial charge is 0.0641 e. The van der Waals surface area contributed by atoms with Crippen molar-refractivity contribution in [3.63, 3.8) is 0 Å². The van der Waals surface area contributed by atoms with Gasteiger partial charge in [0.05, 0.1) is 33.1 Å². The summed E-state index contributed by atoms with van der Waals surface area (Å²) in [4.78, 5) is 0. The predicted octanol–water partition coefficient (Wildman–Crippen LogP) is 14.0. The number of para-hydroxylation sites is 3. The molecular formula is C52H39N3. The van der Waals surface area contributed by atoms with E-state index in [4.69, 9.17) is 0 Å². The summed E-state index contributed by atoms with van der Waals surface area (Å²) in [5, 5.41) is 7.54. The van der Waals surface area contributed by atoms with Gasteiger partial charge in [0.1, 0.15) is 0 Å². The Balaban J connectivity index is 1.17. The number of hydrogen-bond donors (Lipinski definition) is 0. The molecule has 55 heavy (non-hydrogen) atoms. The molecule has 0 spiro atoms. The third-order valence-electron chi connectivity index (χ3n) is 11.6. The lowest BCUT2D eigenvalue weighted by molar-refractivity contribution is 0.795. The quantitative estimate of drug-likeness (QED) is 0.157. The number of aryl methyl sites for hydroxylation is 1. The summed E-state index contributed by atoms with van der Waals surface area (Å²) in [5.74, 6) is 0. The molecule has 8 aromatic carbocycles. The molecule has 3 heterocycles. The molecule has 0 fully saturated rings. The topological polar surface area (TPSA) is 14.8 Å². The fourth-order valence-corrected chi connectivity index (χ4v) is 9.08. The van der Waals surface area contributed by atoms with Gasteiger partial charge in [-0.2, -0.15) is 0 Å². The SMILES string of the molecule is CCCCc1ccc(-n2c3ccccc3c3cc(-n4c5ccccc5c5c4ccc4c6ccccc6n(-c6cccc(-c7ccccc7)c6)c45)ccc32)cc1. The molecule has 0 unspecified atom stereocenters. The van der Waals surface area contributed by atoms with E-state index in [-0.39, 0.29) is 0 Å². The number of benzene rings is 8. The lowest BCUT2D eigenvalue weighted by Crippen LogP contribution is -1.97. The van der Waals surface area contributed by atoms with Gasteiger partial charge in [0.15, 0.2) is 0 Å². The molecule has 0 aliphatic rings. The third kappa shape index (κ3) is 4.90. The summed E-state index contributed by atoms with van der Waals surface area (Å²) < 4.78 is 7.39. The molecule has 0 amide bonds. The van der Waals surface area contributed by atoms with Gasteiger partial charge in [-0.3, -0.25) is 0 Å². The van der Waals surface area contributed by atoms with Crippen LogP contribution in [-0.4, -0.2) is 13.7 Å². The van der Waals surface area contributed by atoms with Crippen LogP contribution < -0.4 is 0 Å². The Morgan fingerprint density at radius 1 is 0.364 bits per heavy atom. The van der Waals surface area contributed by atoms with Gasteiger partial charge in [0, 0.05) is 49.4 Å². The Bertz CT molecular complexity index is 3230. The molecule has 0 radical (unpaired) electrons. The van der Waals surface area contributed by atoms with Gasteiger partial charge < -0.3 is 13.7 Å². The summed E-state index contributed by atoms with van der Waals surface area (Å²) in [6.45, 7) is 2.26. The minimum Gasteiger partial charge on any atom is -0.309 e. The highest BCUT2D eigenvalue weighted by Gasteiger charge is 2.22. The van der Waals surface area contributed by atoms with E-state index in [1.807, 2.05) is 0 Å². The van der Waals surface area contributed by atoms with Gasteiger partial charge in [0.25, 0.3) is 0 Å². The van der Waals surface area contributed by atoms with Gasteiger partial charge in [0.2, 0.25) is 0 Å². The van der Waals surface area contributed by atoms with E-state index in [0.717, 1.165) is 17.8 Å². The van der Waals surface area contributed by atoms with E-state index >= 15 is 0 Å². The van der Waals surface area contributed by atoms with Crippen LogP contribution >= 0.6 is 0 Å². The fourth-order valence-electron chi connectivity index (χ4n) is 9.08. The molecule has 0 aliphatic heterocycles. The Kier molecular flexibility index (Phi) is 7.28. The third-order valence-corrected chi connectivity index (χ3v) is 11.6. The number of aromatic nitrogens is 3. The van der Waals surface area contributed by atoms with Crippen molar-refractivity contribution in [2.24, 2.45) is 0 Å². The van der Waals surface area contributed by atoms with Gasteiger partial charge >= 0.3 is 0 Å². The highest BCUT2D eigenvalue weighted by atomic mass is 15.0. The lowest BCUT2D eigenvalue weighted by Gasteiger charge is -2.12. The van der Waals surface area contributed by atoms with Crippen molar-refractivity contribution in [1.82, 2.24) is 13.7 Å². The number of hydrogen-bond acceptors (Lipinski definition) is 0. The first-order chi connectivity index (χ1) is 27.3. The molecule has 11 rings (SSSR count). The van der Waals surface area contributed by atoms with Crippen LogP contribution in [0.5, 0.6) is 0 Å². The number of unbranched alkanes of at least 4 members (excludes halogenated alkanes) is 1. The van der Waals surface area contributed by atoms with Gasteiger partial charge in [-0.05, 0) is 96.3 Å². The van der Waals surface area contributed by atoms with Crippen LogP contribution in [0.25, 0.3) is 93.6 Å². The predicted molar refractivity (Wildman–Crippen MR) is 234 cm³/mol. The summed E-state index contributed by atoms with van der Waals surface area (Å²) in [6.07, 6.45) is 3.55. The van der Waals surface area contributed by atoms with Gasteiger partial charge in [-0.15, -0.1) is 0 Å². The molecule has 0 aliphatic carbocycles. The van der Waals surface area contributed by atoms with Gasteiger partial charge in [-0.25, -0.2) is 0 Å². The molecule has 0 atom stereocenters. The molecule has 262 valence electrons. The van der Waals surface area contributed by atoms with Crippen molar-refractivity contribution in [2.75, 3.05) is 0 Å². The molecule has 11 aromatic rings. The minimum absolute atomic E-state index is 1.12. The first kappa shape index (κ1) is 31.7. The maximum Gasteiger partial charge on any atom is 0.0641 e. The lowest BCUT2D eigenvalue weighted by atomic mass is 10.0. The van der Waals surface area contributed by atoms with Crippen LogP contribution in [0.4, 0.5) is 0 Å². The second-order valence-corrected chi connectivity index (χ2v) is 14.8. The number of fused-ring (bicyclic) bond motifs is 10. The Hall–Kier alpha value is -6.84. The van der Waals surface area contributed by atoms with Crippen LogP contribution in [-0.2, 0) is 6.42 Å². The minimum atomic E-state index is 1.12. The zero-order valence-electron chi connectivity index (χ0n) is 30.8. The van der Waals surface area contributed by atoms with E-state index < -0.39 is 0 Å². The van der Waals surface area contributed by atoms with Crippen molar-refractivity contribution < 1.29 is 0 Å². The van der Waals surface area contributed by atoms with E-state index in [1.165, 1.54) is 101 Å². The summed E-state index contributed by atoms with van der Waals surface area (Å²) in [6, 6.07) is 67.2. The Morgan fingerprint density at radius 3 is 1.69 bits per heavy atom. The highest BCUT2D eigenvalue weighted by Crippen LogP contribution is 2.43. The van der Waals surface area contributed by atoms with Crippen molar-refractivity contribution in [3.8, 4) is 28.2 Å². The first-order valence-electron chi connectivity index (χ1n) is 19.5. The average molecular weight is 706 g/mol. The first-order valence-corrected chi connectivity index (χ1v) is 19.5. The van der Waals surface area contributed by atoms with Crippen LogP contribution in [0, 0.1) is 0 Å². The fraction of sp³-hybridized carbons (Fsp3) is 0.0769. The second kappa shape index (κ2) is 12.6. The van der Waals surface area contributed by atoms with Crippen LogP contribution in [0.2, 0.25) is 0 Å². The molecule has 0 bridgehead atoms. The molecule has 0 saturated heterocycles. The largest absolute Gasteiger partial charge is 0.309 e. The molecule has 0 saturated carbocycles. The second-order valence-electron chi connectivity index (χ2n) is 14.8. The highest BCUT2D eigenvalue weighted by molar-refractivity contribution is 6.26. The average Bonchev–Trinajstić information content (AvgIpc) is 3.89. The van der Waals surface area contributed by atoms with Crippen molar-refractivity contribution in [2.45, 2.75) is 26.2 Å². The van der Waals surface area contributed by atoms with Crippen LogP contribution in [0.15, 0.2) is 182 Å². The Morgan fingerprint density at radius 2 is 0.927 bits per heavy atom. The number of rotatable bonds is 7. The molecule has 3 aromatic heterocycles. The standard InChI is InChI=1S/C52H39N3/c1-2-3-14-35-25-27-38(28-26-35)53-46-22-10-8-20-42(46)45-34-40(29-31-49(45)53)54-48-24-12-9-21-44(48)51-50(54)32-30-43-41-19-7-11-23-47(41)55(52(43)51)39-18-13-17-37(33-39)36-15-5-4-6-16-36/h4-13,15-34H,2-3,14H2,1H3. The molecular weight excluding hydrogens is 667 g/mol. The van der Waals surface area contributed by atoms with Gasteiger partial charge in [-0.1, -0.05) is 129 Å². The zero-order valence-corrected chi connectivity index (χ0v) is 30.8. The van der Waals surface area contributed by atoms with Crippen LogP contribution in [0.3, 0.4) is 0 Å². The van der Waals surface area contributed by atoms with Crippen LogP contribution in [0.1, 0.15) is 25.3 Å². The van der Waals surface area contributed by atoms with E-state index in [0.29, 0.717) is 0 Å². The zero-order chi connectivity index (χ0) is 36.5. The molecule has 3 heteroatoms. The summed E-state index contributed by atoms with van der Waals surface area (Å²) in [7, 11) is 0. The summed E-state index contributed by atoms with van der Waals surface area (Å²) >= 11 is 0. The van der Waals surface area contributed by atoms with Crippen molar-refractivity contribution in [1.29, 1.82) is 0 Å². The molecule has 3 nitrogen and oxygen atoms in total. The maximum absolute atomic E-state index is 2.49. The van der Waals surface area contributed by atoms with Crippen molar-refractivity contribution >= 4 is 65.4 Å². The summed E-state index contributed by atoms with van der Waals surface area (Å²) in [5.41, 5.74) is 14.6. The molecule has 0 N–H and O–H groups in total.